The maximum absolute atomic E-state index is 12.8. The molecule has 0 unspecified atom stereocenters. The number of thiophene rings is 1. The number of amides is 1. The Kier molecular flexibility index (Phi) is 8.49. The number of hydrogen-bond donors (Lipinski definition) is 0. The summed E-state index contributed by atoms with van der Waals surface area (Å²) in [6.07, 6.45) is -4.22. The molecule has 0 bridgehead atoms. The van der Waals surface area contributed by atoms with Crippen molar-refractivity contribution in [3.63, 3.8) is 0 Å². The molecule has 2 heterocycles. The van der Waals surface area contributed by atoms with E-state index in [1.807, 2.05) is 34.5 Å². The number of piperazine rings is 1. The van der Waals surface area contributed by atoms with Crippen molar-refractivity contribution in [1.82, 2.24) is 9.80 Å². The van der Waals surface area contributed by atoms with E-state index in [0.29, 0.717) is 36.6 Å². The molecule has 1 aromatic heterocycles. The number of halogens is 4. The van der Waals surface area contributed by atoms with Gasteiger partial charge in [-0.2, -0.15) is 13.2 Å². The molecule has 0 saturated carbocycles. The zero-order valence-corrected chi connectivity index (χ0v) is 20.6. The molecule has 1 fully saturated rings. The molecule has 0 spiro atoms. The predicted octanol–water partition coefficient (Wildman–Crippen LogP) is 6.07. The minimum absolute atomic E-state index is 0.139. The first-order valence-electron chi connectivity index (χ1n) is 11.3. The second kappa shape index (κ2) is 11.6. The minimum Gasteiger partial charge on any atom is -0.368 e. The summed E-state index contributed by atoms with van der Waals surface area (Å²) < 4.78 is 44.7. The van der Waals surface area contributed by atoms with Crippen molar-refractivity contribution in [3.05, 3.63) is 92.6 Å². The summed E-state index contributed by atoms with van der Waals surface area (Å²) >= 11 is 7.64. The summed E-state index contributed by atoms with van der Waals surface area (Å²) in [6.45, 7) is 3.54. The summed E-state index contributed by atoms with van der Waals surface area (Å²) in [7, 11) is 0. The Hall–Kier alpha value is -2.39. The van der Waals surface area contributed by atoms with Gasteiger partial charge in [-0.3, -0.25) is 9.69 Å². The highest BCUT2D eigenvalue weighted by atomic mass is 35.5. The number of hydrogen-bond acceptors (Lipinski definition) is 4. The van der Waals surface area contributed by atoms with E-state index in [0.717, 1.165) is 35.7 Å². The zero-order chi connectivity index (χ0) is 24.8. The number of benzene rings is 2. The second-order valence-electron chi connectivity index (χ2n) is 8.48. The average Bonchev–Trinajstić information content (AvgIpc) is 3.35. The van der Waals surface area contributed by atoms with Crippen LogP contribution in [0, 0.1) is 0 Å². The van der Waals surface area contributed by atoms with Gasteiger partial charge in [0.15, 0.2) is 0 Å². The van der Waals surface area contributed by atoms with Crippen molar-refractivity contribution in [1.29, 1.82) is 0 Å². The Morgan fingerprint density at radius 2 is 1.69 bits per heavy atom. The van der Waals surface area contributed by atoms with Crippen LogP contribution in [-0.4, -0.2) is 48.4 Å². The summed E-state index contributed by atoms with van der Waals surface area (Å²) in [5.74, 6) is 0.139. The first-order valence-corrected chi connectivity index (χ1v) is 12.6. The SMILES string of the molecule is O=C(Cc1cccs1)N1CCN(C[C@H](OCc2ccc(C(F)(F)F)cc2)c2ccc(Cl)cc2)CC1. The minimum atomic E-state index is -4.36. The Morgan fingerprint density at radius 1 is 1.00 bits per heavy atom. The van der Waals surface area contributed by atoms with Crippen LogP contribution >= 0.6 is 22.9 Å². The summed E-state index contributed by atoms with van der Waals surface area (Å²) in [5, 5.41) is 2.59. The quantitative estimate of drug-likeness (QED) is 0.360. The molecule has 35 heavy (non-hydrogen) atoms. The van der Waals surface area contributed by atoms with Gasteiger partial charge < -0.3 is 9.64 Å². The number of ether oxygens (including phenoxy) is 1. The van der Waals surface area contributed by atoms with Gasteiger partial charge in [-0.05, 0) is 46.8 Å². The molecule has 1 aliphatic heterocycles. The molecule has 1 amide bonds. The lowest BCUT2D eigenvalue weighted by atomic mass is 10.1. The molecule has 4 nitrogen and oxygen atoms in total. The Morgan fingerprint density at radius 3 is 2.29 bits per heavy atom. The van der Waals surface area contributed by atoms with Crippen molar-refractivity contribution in [3.8, 4) is 0 Å². The fourth-order valence-corrected chi connectivity index (χ4v) is 4.83. The van der Waals surface area contributed by atoms with Gasteiger partial charge in [-0.15, -0.1) is 11.3 Å². The number of carbonyl (C=O) groups excluding carboxylic acids is 1. The van der Waals surface area contributed by atoms with Crippen molar-refractivity contribution >= 4 is 28.8 Å². The second-order valence-corrected chi connectivity index (χ2v) is 9.95. The third-order valence-corrected chi connectivity index (χ3v) is 7.16. The lowest BCUT2D eigenvalue weighted by Crippen LogP contribution is -2.50. The van der Waals surface area contributed by atoms with Crippen LogP contribution in [0.1, 0.15) is 27.7 Å². The third-order valence-electron chi connectivity index (χ3n) is 6.03. The summed E-state index contributed by atoms with van der Waals surface area (Å²) in [4.78, 5) is 17.8. The Balaban J connectivity index is 1.35. The molecular formula is C26H26ClF3N2O2S. The van der Waals surface area contributed by atoms with E-state index < -0.39 is 11.7 Å². The maximum Gasteiger partial charge on any atom is 0.416 e. The van der Waals surface area contributed by atoms with E-state index in [1.165, 1.54) is 12.1 Å². The molecule has 4 rings (SSSR count). The topological polar surface area (TPSA) is 32.8 Å². The zero-order valence-electron chi connectivity index (χ0n) is 19.0. The van der Waals surface area contributed by atoms with Crippen LogP contribution in [0.4, 0.5) is 13.2 Å². The van der Waals surface area contributed by atoms with Gasteiger partial charge in [0.05, 0.1) is 24.7 Å². The molecule has 1 atom stereocenters. The first kappa shape index (κ1) is 25.7. The van der Waals surface area contributed by atoms with Crippen LogP contribution in [0.25, 0.3) is 0 Å². The third kappa shape index (κ3) is 7.30. The molecule has 1 aliphatic rings. The highest BCUT2D eigenvalue weighted by Crippen LogP contribution is 2.30. The van der Waals surface area contributed by atoms with Gasteiger partial charge in [-0.25, -0.2) is 0 Å². The van der Waals surface area contributed by atoms with Crippen LogP contribution in [0.15, 0.2) is 66.0 Å². The average molecular weight is 523 g/mol. The normalized spacial score (nSPS) is 15.8. The Bertz CT molecular complexity index is 1080. The lowest BCUT2D eigenvalue weighted by molar-refractivity contribution is -0.137. The predicted molar refractivity (Wildman–Crippen MR) is 131 cm³/mol. The fraction of sp³-hybridized carbons (Fsp3) is 0.346. The highest BCUT2D eigenvalue weighted by molar-refractivity contribution is 7.10. The molecule has 0 N–H and O–H groups in total. The van der Waals surface area contributed by atoms with Crippen LogP contribution < -0.4 is 0 Å². The number of nitrogens with zero attached hydrogens (tertiary/aromatic N) is 2. The van der Waals surface area contributed by atoms with E-state index in [4.69, 9.17) is 16.3 Å². The van der Waals surface area contributed by atoms with Crippen molar-refractivity contribution in [2.45, 2.75) is 25.3 Å². The Labute approximate surface area is 211 Å². The van der Waals surface area contributed by atoms with E-state index in [2.05, 4.69) is 4.90 Å². The molecule has 1 saturated heterocycles. The molecule has 0 aliphatic carbocycles. The van der Waals surface area contributed by atoms with Crippen LogP contribution in [0.3, 0.4) is 0 Å². The van der Waals surface area contributed by atoms with Crippen molar-refractivity contribution < 1.29 is 22.7 Å². The van der Waals surface area contributed by atoms with Gasteiger partial charge in [0.25, 0.3) is 0 Å². The van der Waals surface area contributed by atoms with E-state index in [-0.39, 0.29) is 18.6 Å². The summed E-state index contributed by atoms with van der Waals surface area (Å²) in [5.41, 5.74) is 0.931. The standard InChI is InChI=1S/C26H26ClF3N2O2S/c27-22-9-5-20(6-10-22)24(34-18-19-3-7-21(8-4-19)26(28,29)30)17-31-11-13-32(14-12-31)25(33)16-23-2-1-15-35-23/h1-10,15,24H,11-14,16-18H2/t24-/m0/s1. The molecule has 0 radical (unpaired) electrons. The van der Waals surface area contributed by atoms with Gasteiger partial charge in [0, 0.05) is 42.6 Å². The van der Waals surface area contributed by atoms with Crippen molar-refractivity contribution in [2.24, 2.45) is 0 Å². The monoisotopic (exact) mass is 522 g/mol. The number of rotatable bonds is 8. The lowest BCUT2D eigenvalue weighted by Gasteiger charge is -2.36. The van der Waals surface area contributed by atoms with Gasteiger partial charge in [-0.1, -0.05) is 41.9 Å². The molecule has 2 aromatic carbocycles. The largest absolute Gasteiger partial charge is 0.416 e. The molecule has 9 heteroatoms. The van der Waals surface area contributed by atoms with Crippen LogP contribution in [0.2, 0.25) is 5.02 Å². The first-order chi connectivity index (χ1) is 16.8. The van der Waals surface area contributed by atoms with E-state index >= 15 is 0 Å². The molecular weight excluding hydrogens is 497 g/mol. The number of carbonyl (C=O) groups is 1. The number of alkyl halides is 3. The fourth-order valence-electron chi connectivity index (χ4n) is 4.01. The summed E-state index contributed by atoms with van der Waals surface area (Å²) in [6, 6.07) is 16.4. The van der Waals surface area contributed by atoms with Crippen molar-refractivity contribution in [2.75, 3.05) is 32.7 Å². The van der Waals surface area contributed by atoms with Gasteiger partial charge in [0.2, 0.25) is 5.91 Å². The highest BCUT2D eigenvalue weighted by Gasteiger charge is 2.30. The van der Waals surface area contributed by atoms with Crippen LogP contribution in [0.5, 0.6) is 0 Å². The molecule has 186 valence electrons. The van der Waals surface area contributed by atoms with Gasteiger partial charge >= 0.3 is 6.18 Å². The van der Waals surface area contributed by atoms with E-state index in [9.17, 15) is 18.0 Å². The van der Waals surface area contributed by atoms with Gasteiger partial charge in [0.1, 0.15) is 0 Å². The molecule has 3 aromatic rings. The smallest absolute Gasteiger partial charge is 0.368 e. The maximum atomic E-state index is 12.8. The van der Waals surface area contributed by atoms with E-state index in [1.54, 1.807) is 23.5 Å². The van der Waals surface area contributed by atoms with Crippen LogP contribution in [-0.2, 0) is 28.7 Å².